The van der Waals surface area contributed by atoms with Crippen molar-refractivity contribution in [2.75, 3.05) is 34.0 Å². The molecule has 4 rings (SSSR count). The van der Waals surface area contributed by atoms with Gasteiger partial charge in [-0.15, -0.1) is 0 Å². The van der Waals surface area contributed by atoms with Gasteiger partial charge in [-0.25, -0.2) is 10.4 Å². The zero-order chi connectivity index (χ0) is 28.4. The molecule has 0 aliphatic carbocycles. The van der Waals surface area contributed by atoms with Crippen molar-refractivity contribution < 1.29 is 28.8 Å². The Kier molecular flexibility index (Phi) is 10.7. The number of hydrogen-bond acceptors (Lipinski definition) is 8. The molecule has 2 atom stereocenters. The van der Waals surface area contributed by atoms with E-state index in [1.807, 2.05) is 78.9 Å². The molecule has 10 heteroatoms. The smallest absolute Gasteiger partial charge is 0.266 e. The van der Waals surface area contributed by atoms with Crippen molar-refractivity contribution in [2.24, 2.45) is 4.99 Å². The molecule has 1 aliphatic rings. The third-order valence-corrected chi connectivity index (χ3v) is 7.04. The number of nitrogens with one attached hydrogen (secondary N) is 2. The fraction of sp³-hybridized carbons (Fsp3) is 0.333. The lowest BCUT2D eigenvalue weighted by molar-refractivity contribution is -0.131. The summed E-state index contributed by atoms with van der Waals surface area (Å²) >= 11 is 3.50. The molecule has 0 bridgehead atoms. The van der Waals surface area contributed by atoms with Crippen LogP contribution in [0.25, 0.3) is 0 Å². The Morgan fingerprint density at radius 1 is 1.05 bits per heavy atom. The largest absolute Gasteiger partial charge is 0.494 e. The van der Waals surface area contributed by atoms with E-state index in [4.69, 9.17) is 29.0 Å². The Morgan fingerprint density at radius 2 is 1.75 bits per heavy atom. The molecule has 0 saturated heterocycles. The number of rotatable bonds is 14. The van der Waals surface area contributed by atoms with Crippen LogP contribution in [0.4, 0.5) is 0 Å². The Morgan fingerprint density at radius 3 is 2.40 bits per heavy atom. The Hall–Kier alpha value is -3.28. The molecule has 1 aliphatic heterocycles. The van der Waals surface area contributed by atoms with Crippen molar-refractivity contribution in [3.63, 3.8) is 0 Å². The lowest BCUT2D eigenvalue weighted by Gasteiger charge is -2.31. The summed E-state index contributed by atoms with van der Waals surface area (Å²) in [7, 11) is 3.06. The molecule has 1 heterocycles. The van der Waals surface area contributed by atoms with Gasteiger partial charge in [0.15, 0.2) is 17.9 Å². The molecule has 9 nitrogen and oxygen atoms in total. The zero-order valence-corrected chi connectivity index (χ0v) is 24.1. The van der Waals surface area contributed by atoms with Crippen molar-refractivity contribution >= 4 is 27.7 Å². The molecule has 3 aromatic carbocycles. The van der Waals surface area contributed by atoms with E-state index in [9.17, 15) is 4.79 Å². The van der Waals surface area contributed by atoms with E-state index in [2.05, 4.69) is 26.8 Å². The third kappa shape index (κ3) is 7.26. The number of carbonyl (C=O) groups excluding carboxylic acids is 1. The monoisotopic (exact) mass is 611 g/mol. The minimum absolute atomic E-state index is 0.0676. The molecule has 0 saturated carbocycles. The molecule has 3 aromatic rings. The van der Waals surface area contributed by atoms with Gasteiger partial charge in [-0.3, -0.25) is 10.2 Å². The van der Waals surface area contributed by atoms with Crippen LogP contribution in [-0.2, 0) is 25.4 Å². The van der Waals surface area contributed by atoms with Gasteiger partial charge in [0.2, 0.25) is 5.90 Å². The number of aliphatic imine (C=N–C) groups is 1. The Bertz CT molecular complexity index is 1250. The number of halogens is 1. The van der Waals surface area contributed by atoms with E-state index in [1.54, 1.807) is 0 Å². The fourth-order valence-corrected chi connectivity index (χ4v) is 4.68. The highest BCUT2D eigenvalue weighted by Gasteiger charge is 2.53. The van der Waals surface area contributed by atoms with Crippen molar-refractivity contribution in [3.05, 3.63) is 100 Å². The van der Waals surface area contributed by atoms with E-state index in [0.29, 0.717) is 36.7 Å². The molecule has 1 amide bonds. The lowest BCUT2D eigenvalue weighted by atomic mass is 9.82. The molecular weight excluding hydrogens is 578 g/mol. The number of methoxy groups -OCH3 is 2. The summed E-state index contributed by atoms with van der Waals surface area (Å²) < 4.78 is 23.6. The molecular formula is C30H34BrN3O6. The number of nitrogens with zero attached hydrogens (tertiary/aromatic N) is 1. The van der Waals surface area contributed by atoms with Crippen LogP contribution in [0.5, 0.6) is 5.75 Å². The van der Waals surface area contributed by atoms with E-state index < -0.39 is 17.9 Å². The van der Waals surface area contributed by atoms with Crippen LogP contribution in [0.3, 0.4) is 0 Å². The van der Waals surface area contributed by atoms with E-state index >= 15 is 0 Å². The van der Waals surface area contributed by atoms with Crippen LogP contribution in [-0.4, -0.2) is 62.7 Å². The van der Waals surface area contributed by atoms with Crippen LogP contribution in [0, 0.1) is 0 Å². The average Bonchev–Trinajstić information content (AvgIpc) is 3.37. The fourth-order valence-electron chi connectivity index (χ4n) is 4.41. The third-order valence-electron chi connectivity index (χ3n) is 6.52. The molecule has 0 spiro atoms. The number of amides is 1. The second-order valence-electron chi connectivity index (χ2n) is 9.24. The first-order chi connectivity index (χ1) is 19.5. The SMILES string of the molecule is COC(CNNC(=O)[C@@]1(Cc2ccccc2)N=C(c2ccc(OCCCO)cc2)O[C@H]1c1ccc(Br)cc1)OC. The number of aliphatic hydroxyl groups is 1. The maximum absolute atomic E-state index is 14.1. The molecule has 0 aromatic heterocycles. The number of carbonyl (C=O) groups is 1. The van der Waals surface area contributed by atoms with Gasteiger partial charge in [-0.1, -0.05) is 58.4 Å². The first kappa shape index (κ1) is 29.7. The number of ether oxygens (including phenoxy) is 4. The van der Waals surface area contributed by atoms with E-state index in [1.165, 1.54) is 14.2 Å². The number of aliphatic hydroxyl groups excluding tert-OH is 1. The summed E-state index contributed by atoms with van der Waals surface area (Å²) in [6, 6.07) is 24.8. The predicted octanol–water partition coefficient (Wildman–Crippen LogP) is 3.95. The molecule has 0 radical (unpaired) electrons. The summed E-state index contributed by atoms with van der Waals surface area (Å²) in [5.41, 5.74) is 6.88. The second kappa shape index (κ2) is 14.4. The molecule has 0 fully saturated rings. The number of hydrogen-bond donors (Lipinski definition) is 3. The van der Waals surface area contributed by atoms with Gasteiger partial charge in [0.25, 0.3) is 5.91 Å². The summed E-state index contributed by atoms with van der Waals surface area (Å²) in [5, 5.41) is 9.01. The van der Waals surface area contributed by atoms with Crippen molar-refractivity contribution in [1.82, 2.24) is 10.9 Å². The number of hydrazine groups is 1. The van der Waals surface area contributed by atoms with Crippen molar-refractivity contribution in [2.45, 2.75) is 30.8 Å². The molecule has 3 N–H and O–H groups in total. The predicted molar refractivity (Wildman–Crippen MR) is 155 cm³/mol. The summed E-state index contributed by atoms with van der Waals surface area (Å²) in [5.74, 6) is 0.672. The molecule has 212 valence electrons. The van der Waals surface area contributed by atoms with Gasteiger partial charge >= 0.3 is 0 Å². The topological polar surface area (TPSA) is 111 Å². The molecule has 0 unspecified atom stereocenters. The van der Waals surface area contributed by atoms with Gasteiger partial charge in [0, 0.05) is 43.7 Å². The summed E-state index contributed by atoms with van der Waals surface area (Å²) in [6.07, 6.45) is -0.401. The van der Waals surface area contributed by atoms with Crippen molar-refractivity contribution in [3.8, 4) is 5.75 Å². The Labute approximate surface area is 242 Å². The van der Waals surface area contributed by atoms with Gasteiger partial charge in [-0.05, 0) is 47.5 Å². The maximum atomic E-state index is 14.1. The maximum Gasteiger partial charge on any atom is 0.266 e. The summed E-state index contributed by atoms with van der Waals surface area (Å²) in [6.45, 7) is 0.718. The first-order valence-corrected chi connectivity index (χ1v) is 13.8. The average molecular weight is 613 g/mol. The van der Waals surface area contributed by atoms with Gasteiger partial charge < -0.3 is 24.1 Å². The lowest BCUT2D eigenvalue weighted by Crippen LogP contribution is -2.55. The minimum atomic E-state index is -1.33. The van der Waals surface area contributed by atoms with E-state index in [-0.39, 0.29) is 19.1 Å². The first-order valence-electron chi connectivity index (χ1n) is 13.0. The summed E-state index contributed by atoms with van der Waals surface area (Å²) in [4.78, 5) is 19.1. The van der Waals surface area contributed by atoms with Crippen LogP contribution < -0.4 is 15.6 Å². The highest BCUT2D eigenvalue weighted by Crippen LogP contribution is 2.42. The zero-order valence-electron chi connectivity index (χ0n) is 22.5. The highest BCUT2D eigenvalue weighted by atomic mass is 79.9. The Balaban J connectivity index is 1.71. The van der Waals surface area contributed by atoms with Crippen LogP contribution >= 0.6 is 15.9 Å². The van der Waals surface area contributed by atoms with Gasteiger partial charge in [0.1, 0.15) is 5.75 Å². The number of benzene rings is 3. The van der Waals surface area contributed by atoms with E-state index in [0.717, 1.165) is 15.6 Å². The minimum Gasteiger partial charge on any atom is -0.494 e. The van der Waals surface area contributed by atoms with Gasteiger partial charge in [0.05, 0.1) is 13.2 Å². The van der Waals surface area contributed by atoms with Crippen molar-refractivity contribution in [1.29, 1.82) is 0 Å². The van der Waals surface area contributed by atoms with Crippen LogP contribution in [0.1, 0.15) is 29.2 Å². The highest BCUT2D eigenvalue weighted by molar-refractivity contribution is 9.10. The molecule has 40 heavy (non-hydrogen) atoms. The van der Waals surface area contributed by atoms with Crippen LogP contribution in [0.2, 0.25) is 0 Å². The normalized spacial score (nSPS) is 18.3. The standard InChI is InChI=1S/C30H34BrN3O6/c1-37-26(38-2)20-32-34-29(36)30(19-21-7-4-3-5-8-21)27(22-9-13-24(31)14-10-22)40-28(33-30)23-11-15-25(16-12-23)39-18-6-17-35/h3-5,7-16,26-27,32,35H,6,17-20H2,1-2H3,(H,34,36)/t27-,30-/m0/s1. The quantitative estimate of drug-likeness (QED) is 0.144. The van der Waals surface area contributed by atoms with Gasteiger partial charge in [-0.2, -0.15) is 0 Å². The second-order valence-corrected chi connectivity index (χ2v) is 10.2. The van der Waals surface area contributed by atoms with Crippen LogP contribution in [0.15, 0.2) is 88.3 Å².